The number of aryl methyl sites for hydroxylation is 1. The molecule has 0 bridgehead atoms. The van der Waals surface area contributed by atoms with Crippen LogP contribution in [0.5, 0.6) is 0 Å². The van der Waals surface area contributed by atoms with E-state index in [0.29, 0.717) is 47.6 Å². The highest BCUT2D eigenvalue weighted by atomic mass is 32.1. The third-order valence-corrected chi connectivity index (χ3v) is 7.20. The van der Waals surface area contributed by atoms with Crippen LogP contribution in [-0.4, -0.2) is 60.3 Å². The van der Waals surface area contributed by atoms with Crippen molar-refractivity contribution in [2.75, 3.05) is 13.1 Å². The van der Waals surface area contributed by atoms with E-state index < -0.39 is 17.4 Å². The van der Waals surface area contributed by atoms with Crippen molar-refractivity contribution >= 4 is 39.3 Å². The third-order valence-electron chi connectivity index (χ3n) is 6.03. The average molecular weight is 512 g/mol. The highest BCUT2D eigenvalue weighted by Gasteiger charge is 2.29. The molecule has 0 unspecified atom stereocenters. The van der Waals surface area contributed by atoms with Gasteiger partial charge < -0.3 is 14.7 Å². The number of benzene rings is 1. The van der Waals surface area contributed by atoms with Gasteiger partial charge >= 0.3 is 12.1 Å². The van der Waals surface area contributed by atoms with E-state index in [9.17, 15) is 14.7 Å². The topological polar surface area (TPSA) is 110 Å². The SMILES string of the molecule is Cc1cn2nc(-c3cc(F)c4nc(C5CCN(C(=O)OC(C)(C)C)CC5)sc4c3)cc(C(=O)O)c2n1. The number of carboxylic acid groups (broad SMARTS) is 1. The molecule has 1 aliphatic heterocycles. The van der Waals surface area contributed by atoms with E-state index in [1.807, 2.05) is 20.8 Å². The van der Waals surface area contributed by atoms with Crippen molar-refractivity contribution in [1.29, 1.82) is 0 Å². The fraction of sp³-hybridized carbons (Fsp3) is 0.400. The predicted molar refractivity (Wildman–Crippen MR) is 133 cm³/mol. The summed E-state index contributed by atoms with van der Waals surface area (Å²) in [4.78, 5) is 34.7. The normalized spacial score (nSPS) is 15.1. The number of thiazole rings is 1. The lowest BCUT2D eigenvalue weighted by molar-refractivity contribution is 0.0204. The van der Waals surface area contributed by atoms with Gasteiger partial charge in [-0.15, -0.1) is 11.3 Å². The van der Waals surface area contributed by atoms with Gasteiger partial charge in [-0.25, -0.2) is 28.5 Å². The van der Waals surface area contributed by atoms with Gasteiger partial charge in [-0.1, -0.05) is 0 Å². The Morgan fingerprint density at radius 3 is 2.56 bits per heavy atom. The number of carbonyl (C=O) groups is 2. The molecular weight excluding hydrogens is 485 g/mol. The number of nitrogens with zero attached hydrogens (tertiary/aromatic N) is 5. The van der Waals surface area contributed by atoms with Crippen molar-refractivity contribution in [3.05, 3.63) is 46.5 Å². The first-order valence-electron chi connectivity index (χ1n) is 11.7. The number of ether oxygens (including phenoxy) is 1. The minimum atomic E-state index is -1.13. The summed E-state index contributed by atoms with van der Waals surface area (Å²) in [7, 11) is 0. The summed E-state index contributed by atoms with van der Waals surface area (Å²) < 4.78 is 22.7. The molecule has 0 aliphatic carbocycles. The molecule has 1 fully saturated rings. The second-order valence-electron chi connectivity index (χ2n) is 10.00. The summed E-state index contributed by atoms with van der Waals surface area (Å²) in [6.07, 6.45) is 2.75. The van der Waals surface area contributed by atoms with E-state index in [1.54, 1.807) is 24.1 Å². The molecule has 9 nitrogen and oxygen atoms in total. The Morgan fingerprint density at radius 2 is 1.89 bits per heavy atom. The largest absolute Gasteiger partial charge is 0.478 e. The molecule has 3 aromatic heterocycles. The third kappa shape index (κ3) is 4.62. The summed E-state index contributed by atoms with van der Waals surface area (Å²) in [5.74, 6) is -1.50. The molecule has 188 valence electrons. The van der Waals surface area contributed by atoms with Gasteiger partial charge in [0, 0.05) is 24.6 Å². The number of hydrogen-bond donors (Lipinski definition) is 1. The van der Waals surface area contributed by atoms with Crippen LogP contribution in [0, 0.1) is 12.7 Å². The predicted octanol–water partition coefficient (Wildman–Crippen LogP) is 5.27. The Balaban J connectivity index is 1.42. The van der Waals surface area contributed by atoms with E-state index in [1.165, 1.54) is 28.0 Å². The number of fused-ring (bicyclic) bond motifs is 2. The minimum Gasteiger partial charge on any atom is -0.478 e. The Labute approximate surface area is 210 Å². The summed E-state index contributed by atoms with van der Waals surface area (Å²) >= 11 is 1.42. The molecule has 0 saturated carbocycles. The molecule has 0 radical (unpaired) electrons. The van der Waals surface area contributed by atoms with Crippen molar-refractivity contribution in [2.45, 2.75) is 52.1 Å². The van der Waals surface area contributed by atoms with Crippen molar-refractivity contribution in [2.24, 2.45) is 0 Å². The van der Waals surface area contributed by atoms with Gasteiger partial charge in [0.15, 0.2) is 11.5 Å². The second-order valence-corrected chi connectivity index (χ2v) is 11.1. The molecule has 1 saturated heterocycles. The van der Waals surface area contributed by atoms with Gasteiger partial charge in [0.25, 0.3) is 0 Å². The molecule has 0 atom stereocenters. The van der Waals surface area contributed by atoms with Crippen LogP contribution in [0.25, 0.3) is 27.1 Å². The van der Waals surface area contributed by atoms with Gasteiger partial charge in [0.05, 0.1) is 27.3 Å². The molecular formula is C25H26FN5O4S. The summed E-state index contributed by atoms with van der Waals surface area (Å²) in [6, 6.07) is 4.54. The maximum Gasteiger partial charge on any atom is 0.410 e. The molecule has 1 aliphatic rings. The molecule has 1 amide bonds. The quantitative estimate of drug-likeness (QED) is 0.399. The fourth-order valence-electron chi connectivity index (χ4n) is 4.35. The Hall–Kier alpha value is -3.60. The molecule has 4 aromatic rings. The van der Waals surface area contributed by atoms with Gasteiger partial charge in [0.1, 0.15) is 16.7 Å². The van der Waals surface area contributed by atoms with Crippen LogP contribution in [0.1, 0.15) is 60.6 Å². The van der Waals surface area contributed by atoms with E-state index >= 15 is 4.39 Å². The molecule has 11 heteroatoms. The van der Waals surface area contributed by atoms with E-state index in [-0.39, 0.29) is 28.7 Å². The molecule has 0 spiro atoms. The molecule has 4 heterocycles. The molecule has 1 N–H and O–H groups in total. The zero-order chi connectivity index (χ0) is 25.8. The second kappa shape index (κ2) is 8.81. The van der Waals surface area contributed by atoms with Crippen LogP contribution < -0.4 is 0 Å². The van der Waals surface area contributed by atoms with Crippen LogP contribution in [0.3, 0.4) is 0 Å². The number of carbonyl (C=O) groups excluding carboxylic acids is 1. The van der Waals surface area contributed by atoms with Crippen molar-refractivity contribution in [1.82, 2.24) is 24.5 Å². The standard InChI is InChI=1S/C25H26FN5O4S/c1-13-12-31-21(27-13)16(23(32)33)11-18(29-31)15-9-17(26)20-19(10-15)36-22(28-20)14-5-7-30(8-6-14)24(34)35-25(2,3)4/h9-12,14H,5-8H2,1-4H3,(H,32,33). The Morgan fingerprint density at radius 1 is 1.17 bits per heavy atom. The van der Waals surface area contributed by atoms with Gasteiger partial charge in [-0.05, 0) is 58.7 Å². The smallest absolute Gasteiger partial charge is 0.410 e. The summed E-state index contributed by atoms with van der Waals surface area (Å²) in [5.41, 5.74) is 1.40. The average Bonchev–Trinajstić information content (AvgIpc) is 3.40. The number of likely N-dealkylation sites (tertiary alicyclic amines) is 1. The first-order valence-corrected chi connectivity index (χ1v) is 12.5. The van der Waals surface area contributed by atoms with Gasteiger partial charge in [-0.3, -0.25) is 0 Å². The number of rotatable bonds is 3. The van der Waals surface area contributed by atoms with Crippen LogP contribution in [0.4, 0.5) is 9.18 Å². The number of imidazole rings is 1. The van der Waals surface area contributed by atoms with E-state index in [2.05, 4.69) is 15.1 Å². The number of halogens is 1. The molecule has 36 heavy (non-hydrogen) atoms. The monoisotopic (exact) mass is 511 g/mol. The highest BCUT2D eigenvalue weighted by Crippen LogP contribution is 2.37. The van der Waals surface area contributed by atoms with Crippen LogP contribution >= 0.6 is 11.3 Å². The number of carboxylic acids is 1. The zero-order valence-corrected chi connectivity index (χ0v) is 21.2. The number of aromatic carboxylic acids is 1. The summed E-state index contributed by atoms with van der Waals surface area (Å²) in [5, 5.41) is 14.9. The number of aromatic nitrogens is 4. The van der Waals surface area contributed by atoms with Crippen molar-refractivity contribution in [3.63, 3.8) is 0 Å². The van der Waals surface area contributed by atoms with E-state index in [0.717, 1.165) is 5.01 Å². The fourth-order valence-corrected chi connectivity index (χ4v) is 5.54. The van der Waals surface area contributed by atoms with Gasteiger partial charge in [0.2, 0.25) is 0 Å². The first kappa shape index (κ1) is 24.1. The van der Waals surface area contributed by atoms with Crippen LogP contribution in [0.15, 0.2) is 24.4 Å². The Kier molecular flexibility index (Phi) is 5.90. The summed E-state index contributed by atoms with van der Waals surface area (Å²) in [6.45, 7) is 8.38. The number of piperidine rings is 1. The Bertz CT molecular complexity index is 1500. The van der Waals surface area contributed by atoms with Crippen molar-refractivity contribution < 1.29 is 23.8 Å². The van der Waals surface area contributed by atoms with Crippen LogP contribution in [0.2, 0.25) is 0 Å². The van der Waals surface area contributed by atoms with Crippen LogP contribution in [-0.2, 0) is 4.74 Å². The highest BCUT2D eigenvalue weighted by molar-refractivity contribution is 7.18. The molecule has 1 aromatic carbocycles. The lowest BCUT2D eigenvalue weighted by atomic mass is 9.98. The number of hydrogen-bond acceptors (Lipinski definition) is 7. The van der Waals surface area contributed by atoms with Gasteiger partial charge in [-0.2, -0.15) is 5.10 Å². The zero-order valence-electron chi connectivity index (χ0n) is 20.4. The maximum atomic E-state index is 15.1. The maximum absolute atomic E-state index is 15.1. The number of amides is 1. The lowest BCUT2D eigenvalue weighted by Gasteiger charge is -2.32. The van der Waals surface area contributed by atoms with E-state index in [4.69, 9.17) is 4.74 Å². The first-order chi connectivity index (χ1) is 17.0. The molecule has 5 rings (SSSR count). The lowest BCUT2D eigenvalue weighted by Crippen LogP contribution is -2.41. The van der Waals surface area contributed by atoms with Crippen molar-refractivity contribution in [3.8, 4) is 11.3 Å². The minimum absolute atomic E-state index is 0.00431.